The molecule has 0 saturated heterocycles. The average Bonchev–Trinajstić information content (AvgIpc) is 2.45. The van der Waals surface area contributed by atoms with Crippen LogP contribution in [0.3, 0.4) is 0 Å². The van der Waals surface area contributed by atoms with Crippen molar-refractivity contribution in [2.75, 3.05) is 6.61 Å². The number of aliphatic hydroxyl groups is 1. The van der Waals surface area contributed by atoms with E-state index in [1.165, 1.54) is 44.9 Å². The van der Waals surface area contributed by atoms with Crippen LogP contribution in [-0.2, 0) is 26.9 Å². The zero-order valence-corrected chi connectivity index (χ0v) is 29.3. The molecule has 0 aromatic carbocycles. The molecular weight excluding hydrogens is 512 g/mol. The van der Waals surface area contributed by atoms with Crippen LogP contribution in [0.1, 0.15) is 58.3 Å². The van der Waals surface area contributed by atoms with Gasteiger partial charge in [-0.25, -0.2) is 0 Å². The van der Waals surface area contributed by atoms with Crippen molar-refractivity contribution in [3.63, 3.8) is 0 Å². The van der Waals surface area contributed by atoms with Gasteiger partial charge in [-0.3, -0.25) is 0 Å². The summed E-state index contributed by atoms with van der Waals surface area (Å²) in [6, 6.07) is 0. The Morgan fingerprint density at radius 3 is 1.00 bits per heavy atom. The Morgan fingerprint density at radius 2 is 0.828 bits per heavy atom. The fourth-order valence-electron chi connectivity index (χ4n) is 1.35. The van der Waals surface area contributed by atoms with Crippen molar-refractivity contribution in [1.29, 1.82) is 0 Å². The summed E-state index contributed by atoms with van der Waals surface area (Å²) in [6.07, 6.45) is 10.4. The third-order valence-electron chi connectivity index (χ3n) is 2.28. The van der Waals surface area contributed by atoms with Gasteiger partial charge in [0.05, 0.1) is 0 Å². The van der Waals surface area contributed by atoms with Gasteiger partial charge < -0.3 is 24.7 Å². The second-order valence-corrected chi connectivity index (χ2v) is 7.35. The summed E-state index contributed by atoms with van der Waals surface area (Å²) in [5.41, 5.74) is 0. The third kappa shape index (κ3) is 72.0. The van der Waals surface area contributed by atoms with Crippen LogP contribution in [0.4, 0.5) is 0 Å². The average molecular weight is 534 g/mol. The van der Waals surface area contributed by atoms with Crippen LogP contribution < -0.4 is 138 Å². The number of aliphatic hydroxyl groups excluding tert-OH is 1. The molecular formula is C10H22Na4O11P4+4. The summed E-state index contributed by atoms with van der Waals surface area (Å²) >= 11 is 0. The summed E-state index contributed by atoms with van der Waals surface area (Å²) in [5.74, 6) is 0. The Hall–Kier alpha value is 4.12. The number of rotatable bonds is 12. The first kappa shape index (κ1) is 50.1. The second kappa shape index (κ2) is 42.3. The predicted octanol–water partition coefficient (Wildman–Crippen LogP) is -10.8. The number of hydrogen-bond acceptors (Lipinski definition) is 11. The molecule has 0 aromatic rings. The fraction of sp³-hybridized carbons (Fsp3) is 1.00. The third-order valence-corrected chi connectivity index (χ3v) is 4.41. The van der Waals surface area contributed by atoms with E-state index in [0.29, 0.717) is 6.61 Å². The van der Waals surface area contributed by atoms with Gasteiger partial charge in [-0.1, -0.05) is 51.9 Å². The van der Waals surface area contributed by atoms with Crippen LogP contribution in [0.5, 0.6) is 0 Å². The molecule has 0 spiro atoms. The zero-order valence-electron chi connectivity index (χ0n) is 17.7. The Balaban J connectivity index is -0.0000000484. The maximum atomic E-state index is 9.24. The van der Waals surface area contributed by atoms with Crippen LogP contribution in [0, 0.1) is 0 Å². The van der Waals surface area contributed by atoms with Crippen molar-refractivity contribution < 1.29 is 170 Å². The molecule has 0 heterocycles. The summed E-state index contributed by atoms with van der Waals surface area (Å²) in [5, 5.41) is 8.51. The number of unbranched alkanes of at least 4 members (excludes halogenated alkanes) is 7. The van der Waals surface area contributed by atoms with Crippen LogP contribution in [0.2, 0.25) is 0 Å². The van der Waals surface area contributed by atoms with E-state index in [-0.39, 0.29) is 118 Å². The predicted molar refractivity (Wildman–Crippen MR) is 82.3 cm³/mol. The molecule has 0 bridgehead atoms. The Kier molecular flexibility index (Phi) is 73.0. The molecule has 148 valence electrons. The number of hydrogen-bond donors (Lipinski definition) is 1. The summed E-state index contributed by atoms with van der Waals surface area (Å²) in [6.45, 7) is 2.61. The van der Waals surface area contributed by atoms with Gasteiger partial charge in [0.1, 0.15) is 8.62 Å². The van der Waals surface area contributed by atoms with Gasteiger partial charge in [0.2, 0.25) is 0 Å². The van der Waals surface area contributed by atoms with Crippen molar-refractivity contribution >= 4 is 33.0 Å². The van der Waals surface area contributed by atoms with Crippen LogP contribution >= 0.6 is 33.0 Å². The van der Waals surface area contributed by atoms with Crippen LogP contribution in [0.25, 0.3) is 0 Å². The minimum Gasteiger partial charge on any atom is -0.563 e. The quantitative estimate of drug-likeness (QED) is 0.142. The second-order valence-electron chi connectivity index (χ2n) is 4.26. The Labute approximate surface area is 263 Å². The molecule has 0 fully saturated rings. The van der Waals surface area contributed by atoms with Crippen molar-refractivity contribution in [2.24, 2.45) is 0 Å². The molecule has 0 radical (unpaired) electrons. The minimum absolute atomic E-state index is 0. The Morgan fingerprint density at radius 1 is 0.586 bits per heavy atom. The molecule has 19 heteroatoms. The van der Waals surface area contributed by atoms with E-state index in [1.807, 2.05) is 0 Å². The molecule has 4 unspecified atom stereocenters. The molecule has 0 aromatic heterocycles. The summed E-state index contributed by atoms with van der Waals surface area (Å²) < 4.78 is 43.3. The van der Waals surface area contributed by atoms with Crippen LogP contribution in [0.15, 0.2) is 0 Å². The molecule has 0 aliphatic heterocycles. The zero-order chi connectivity index (χ0) is 20.1. The van der Waals surface area contributed by atoms with Gasteiger partial charge >= 0.3 is 151 Å². The van der Waals surface area contributed by atoms with Gasteiger partial charge in [-0.05, 0) is 24.7 Å². The Bertz CT molecular complexity index is 339. The van der Waals surface area contributed by atoms with E-state index in [2.05, 4.69) is 15.5 Å². The molecule has 0 saturated carbocycles. The van der Waals surface area contributed by atoms with E-state index in [9.17, 15) is 37.8 Å². The van der Waals surface area contributed by atoms with Crippen molar-refractivity contribution in [2.45, 2.75) is 58.3 Å². The maximum Gasteiger partial charge on any atom is 1.00 e. The van der Waals surface area contributed by atoms with Crippen LogP contribution in [-0.4, -0.2) is 11.7 Å². The maximum absolute atomic E-state index is 9.24. The van der Waals surface area contributed by atoms with Gasteiger partial charge in [-0.2, -0.15) is 0 Å². The molecule has 0 amide bonds. The molecule has 0 aliphatic carbocycles. The van der Waals surface area contributed by atoms with E-state index < -0.39 is 33.0 Å². The SMILES string of the molecule is CCCCCCCCCCO.O=[P+]([O-])O[P+](=O)[O-].O=[P+]([O-])O[P+](=O)[O-].[Na+].[Na+].[Na+].[Na+]. The largest absolute Gasteiger partial charge is 1.00 e. The molecule has 4 atom stereocenters. The van der Waals surface area contributed by atoms with Gasteiger partial charge in [0.15, 0.2) is 0 Å². The van der Waals surface area contributed by atoms with E-state index in [0.717, 1.165) is 6.42 Å². The smallest absolute Gasteiger partial charge is 0.563 e. The molecule has 0 rings (SSSR count). The summed E-state index contributed by atoms with van der Waals surface area (Å²) in [7, 11) is -12.9. The van der Waals surface area contributed by atoms with Crippen molar-refractivity contribution in [3.05, 3.63) is 0 Å². The first-order chi connectivity index (χ1) is 11.7. The molecule has 29 heavy (non-hydrogen) atoms. The van der Waals surface area contributed by atoms with E-state index in [1.54, 1.807) is 0 Å². The van der Waals surface area contributed by atoms with Crippen molar-refractivity contribution in [1.82, 2.24) is 0 Å². The monoisotopic (exact) mass is 534 g/mol. The topological polar surface area (TPSA) is 199 Å². The molecule has 0 aliphatic rings. The van der Waals surface area contributed by atoms with Gasteiger partial charge in [0, 0.05) is 6.61 Å². The fourth-order valence-corrected chi connectivity index (χ4v) is 2.23. The standard InChI is InChI=1S/C10H22O.4Na.2O5P2/c1-2-3-4-5-6-7-8-9-10-11;;;;;2*1-6(2)5-7(3)4/h11H,2-10H2,1H3;;;;;;/q;4*+1;;. The summed E-state index contributed by atoms with van der Waals surface area (Å²) in [4.78, 5) is 37.0. The van der Waals surface area contributed by atoms with Crippen molar-refractivity contribution in [3.8, 4) is 0 Å². The molecule has 11 nitrogen and oxygen atoms in total. The van der Waals surface area contributed by atoms with E-state index in [4.69, 9.17) is 5.11 Å². The normalized spacial score (nSPS) is 10.4. The van der Waals surface area contributed by atoms with Gasteiger partial charge in [0.25, 0.3) is 0 Å². The molecule has 1 N–H and O–H groups in total. The van der Waals surface area contributed by atoms with E-state index >= 15 is 0 Å². The minimum atomic E-state index is -3.24. The first-order valence-corrected chi connectivity index (χ1v) is 11.6. The van der Waals surface area contributed by atoms with Gasteiger partial charge in [-0.15, -0.1) is 0 Å². The first-order valence-electron chi connectivity index (χ1n) is 7.21.